The van der Waals surface area contributed by atoms with Gasteiger partial charge in [-0.25, -0.2) is 0 Å². The average molecular weight is 910 g/mol. The molecular formula is C52H67N3O11. The number of esters is 2. The van der Waals surface area contributed by atoms with Crippen LogP contribution in [0.1, 0.15) is 122 Å². The number of hydroxylamine groups is 2. The number of hydrogen-bond donors (Lipinski definition) is 3. The zero-order chi connectivity index (χ0) is 46.4. The van der Waals surface area contributed by atoms with Crippen LogP contribution in [0, 0.1) is 22.7 Å². The van der Waals surface area contributed by atoms with Gasteiger partial charge in [-0.2, -0.15) is 5.06 Å². The van der Waals surface area contributed by atoms with E-state index in [0.29, 0.717) is 36.2 Å². The first-order chi connectivity index (χ1) is 31.4. The smallest absolute Gasteiger partial charge is 0.327 e. The van der Waals surface area contributed by atoms with Gasteiger partial charge in [0.2, 0.25) is 11.8 Å². The summed E-state index contributed by atoms with van der Waals surface area (Å²) < 4.78 is 31.6. The van der Waals surface area contributed by atoms with Crippen molar-refractivity contribution in [1.82, 2.24) is 15.7 Å². The lowest BCUT2D eigenvalue weighted by atomic mass is 9.52. The zero-order valence-electron chi connectivity index (χ0n) is 39.3. The number of nitrogens with zero attached hydrogens (tertiary/aromatic N) is 1. The SMILES string of the molecule is CC(C)(C)OC(=O)CCC(CO)NC(=O)CCNC(=O)C12CC3OC(=O)C1N(Cc1cccc(C=C4CCC5OC5(C)CCC5C4CC5(C)C)c1)OC2C1OC2(Cc4ccccc4C2)OC31. The fraction of sp³-hybridized carbons (Fsp3) is 0.654. The Bertz CT molecular complexity index is 2260. The van der Waals surface area contributed by atoms with Crippen LogP contribution in [0.25, 0.3) is 6.08 Å². The molecule has 2 aromatic carbocycles. The predicted octanol–water partition coefficient (Wildman–Crippen LogP) is 5.65. The Kier molecular flexibility index (Phi) is 11.6. The van der Waals surface area contributed by atoms with Gasteiger partial charge in [0.1, 0.15) is 35.4 Å². The van der Waals surface area contributed by atoms with Crippen LogP contribution in [0.4, 0.5) is 0 Å². The molecule has 4 aliphatic heterocycles. The van der Waals surface area contributed by atoms with Gasteiger partial charge in [-0.3, -0.25) is 24.0 Å². The molecule has 356 valence electrons. The maximum atomic E-state index is 14.9. The lowest BCUT2D eigenvalue weighted by molar-refractivity contribution is -0.217. The summed E-state index contributed by atoms with van der Waals surface area (Å²) in [5.74, 6) is -1.65. The van der Waals surface area contributed by atoms with E-state index >= 15 is 0 Å². The van der Waals surface area contributed by atoms with E-state index in [1.807, 2.05) is 24.3 Å². The molecule has 2 aromatic rings. The van der Waals surface area contributed by atoms with Crippen LogP contribution in [0.15, 0.2) is 54.1 Å². The molecule has 7 fully saturated rings. The molecule has 4 heterocycles. The highest BCUT2D eigenvalue weighted by Gasteiger charge is 2.76. The van der Waals surface area contributed by atoms with Crippen LogP contribution in [-0.2, 0) is 67.1 Å². The molecular weight excluding hydrogens is 843 g/mol. The van der Waals surface area contributed by atoms with Crippen molar-refractivity contribution in [3.8, 4) is 0 Å². The van der Waals surface area contributed by atoms with E-state index in [0.717, 1.165) is 41.5 Å². The van der Waals surface area contributed by atoms with Crippen LogP contribution in [0.2, 0.25) is 0 Å². The highest BCUT2D eigenvalue weighted by atomic mass is 16.8. The number of carbonyl (C=O) groups is 4. The zero-order valence-corrected chi connectivity index (χ0v) is 39.3. The fourth-order valence-corrected chi connectivity index (χ4v) is 12.8. The summed E-state index contributed by atoms with van der Waals surface area (Å²) >= 11 is 0. The van der Waals surface area contributed by atoms with Crippen molar-refractivity contribution in [3.05, 3.63) is 76.4 Å². The second-order valence-electron chi connectivity index (χ2n) is 22.4. The molecule has 14 nitrogen and oxygen atoms in total. The van der Waals surface area contributed by atoms with Gasteiger partial charge >= 0.3 is 11.9 Å². The molecule has 3 N–H and O–H groups in total. The molecule has 11 unspecified atom stereocenters. The quantitative estimate of drug-likeness (QED) is 0.177. The summed E-state index contributed by atoms with van der Waals surface area (Å²) in [6.45, 7) is 12.2. The third-order valence-electron chi connectivity index (χ3n) is 16.1. The number of hydrogen-bond acceptors (Lipinski definition) is 12. The number of aliphatic hydroxyl groups is 1. The lowest BCUT2D eigenvalue weighted by Gasteiger charge is -2.53. The first-order valence-electron chi connectivity index (χ1n) is 24.3. The highest BCUT2D eigenvalue weighted by molar-refractivity contribution is 5.94. The van der Waals surface area contributed by atoms with E-state index in [2.05, 4.69) is 61.7 Å². The number of carbonyl (C=O) groups excluding carboxylic acids is 4. The van der Waals surface area contributed by atoms with Crippen molar-refractivity contribution in [2.24, 2.45) is 22.7 Å². The molecule has 4 aliphatic carbocycles. The number of ether oxygens (including phenoxy) is 5. The Hall–Kier alpha value is -4.18. The van der Waals surface area contributed by atoms with Crippen LogP contribution in [0.5, 0.6) is 0 Å². The molecule has 66 heavy (non-hydrogen) atoms. The second-order valence-corrected chi connectivity index (χ2v) is 22.4. The van der Waals surface area contributed by atoms with Crippen LogP contribution >= 0.6 is 0 Å². The summed E-state index contributed by atoms with van der Waals surface area (Å²) in [6.07, 6.45) is 6.45. The van der Waals surface area contributed by atoms with E-state index in [4.69, 9.17) is 28.5 Å². The number of epoxide rings is 1. The Morgan fingerprint density at radius 2 is 1.73 bits per heavy atom. The lowest BCUT2D eigenvalue weighted by Crippen LogP contribution is -2.69. The van der Waals surface area contributed by atoms with Crippen molar-refractivity contribution in [2.75, 3.05) is 13.2 Å². The van der Waals surface area contributed by atoms with E-state index in [-0.39, 0.29) is 51.0 Å². The summed E-state index contributed by atoms with van der Waals surface area (Å²) in [7, 11) is 0. The first-order valence-corrected chi connectivity index (χ1v) is 24.3. The van der Waals surface area contributed by atoms with Crippen molar-refractivity contribution in [3.63, 3.8) is 0 Å². The number of rotatable bonds is 12. The van der Waals surface area contributed by atoms with Crippen molar-refractivity contribution in [2.45, 2.75) is 178 Å². The number of benzene rings is 2. The van der Waals surface area contributed by atoms with Gasteiger partial charge in [-0.1, -0.05) is 74.0 Å². The molecule has 11 atom stereocenters. The van der Waals surface area contributed by atoms with E-state index in [1.165, 1.54) is 18.4 Å². The number of aliphatic hydroxyl groups excluding tert-OH is 1. The van der Waals surface area contributed by atoms with Crippen LogP contribution in [-0.4, -0.2) is 107 Å². The number of amides is 2. The van der Waals surface area contributed by atoms with Gasteiger partial charge in [-0.05, 0) is 106 Å². The van der Waals surface area contributed by atoms with Gasteiger partial charge in [0.15, 0.2) is 11.8 Å². The molecule has 14 heteroatoms. The first kappa shape index (κ1) is 45.6. The molecule has 4 saturated heterocycles. The fourth-order valence-electron chi connectivity index (χ4n) is 12.8. The average Bonchev–Trinajstić information content (AvgIpc) is 3.53. The molecule has 3 saturated carbocycles. The molecule has 10 rings (SSSR count). The molecule has 8 aliphatic rings. The minimum atomic E-state index is -1.42. The van der Waals surface area contributed by atoms with E-state index in [9.17, 15) is 24.3 Å². The van der Waals surface area contributed by atoms with Gasteiger partial charge in [0.05, 0.1) is 30.9 Å². The standard InChI is InChI=1S/C52H67N3O11/c1-48(2,3)63-41(58)17-15-35(29-56)54-40(57)19-21-53-47(60)52-27-38-42-43(65-51(64-42)24-33-12-7-8-13-34(33)25-51)45(52)66-55(44(52)46(59)61-38)28-31-11-9-10-30(22-31)23-32-14-16-39-50(6,62-39)20-18-37-36(32)26-49(37,4)5/h7-13,22-23,35-39,42-45,56H,14-21,24-29H2,1-6H3,(H,53,60)(H,54,57). The monoisotopic (exact) mass is 909 g/mol. The Morgan fingerprint density at radius 3 is 2.45 bits per heavy atom. The molecule has 0 aromatic heterocycles. The number of fused-ring (bicyclic) bond motifs is 7. The van der Waals surface area contributed by atoms with Crippen molar-refractivity contribution in [1.29, 1.82) is 0 Å². The maximum absolute atomic E-state index is 14.9. The molecule has 2 bridgehead atoms. The van der Waals surface area contributed by atoms with Gasteiger partial charge in [0, 0.05) is 38.6 Å². The van der Waals surface area contributed by atoms with E-state index < -0.39 is 77.1 Å². The number of nitrogens with one attached hydrogen (secondary N) is 2. The van der Waals surface area contributed by atoms with Crippen molar-refractivity contribution >= 4 is 29.8 Å². The van der Waals surface area contributed by atoms with Gasteiger partial charge < -0.3 is 39.4 Å². The Balaban J connectivity index is 0.880. The summed E-state index contributed by atoms with van der Waals surface area (Å²) in [5, 5.41) is 17.4. The highest BCUT2D eigenvalue weighted by Crippen LogP contribution is 2.61. The minimum absolute atomic E-state index is 0.00944. The summed E-state index contributed by atoms with van der Waals surface area (Å²) in [4.78, 5) is 61.6. The predicted molar refractivity (Wildman–Crippen MR) is 241 cm³/mol. The second kappa shape index (κ2) is 16.8. The molecule has 0 radical (unpaired) electrons. The Labute approximate surface area is 387 Å². The Morgan fingerprint density at radius 1 is 0.970 bits per heavy atom. The topological polar surface area (TPSA) is 174 Å². The van der Waals surface area contributed by atoms with Gasteiger partial charge in [0.25, 0.3) is 0 Å². The number of allylic oxidation sites excluding steroid dienone is 1. The normalized spacial score (nSPS) is 35.4. The van der Waals surface area contributed by atoms with Gasteiger partial charge in [-0.15, -0.1) is 0 Å². The third kappa shape index (κ3) is 8.42. The largest absolute Gasteiger partial charge is 0.460 e. The summed E-state index contributed by atoms with van der Waals surface area (Å²) in [5.41, 5.74) is 3.98. The van der Waals surface area contributed by atoms with Crippen LogP contribution in [0.3, 0.4) is 0 Å². The minimum Gasteiger partial charge on any atom is -0.460 e. The maximum Gasteiger partial charge on any atom is 0.327 e. The van der Waals surface area contributed by atoms with Crippen molar-refractivity contribution < 1.29 is 52.8 Å². The summed E-state index contributed by atoms with van der Waals surface area (Å²) in [6, 6.07) is 14.7. The molecule has 1 spiro atoms. The molecule has 2 amide bonds. The van der Waals surface area contributed by atoms with Crippen LogP contribution < -0.4 is 10.6 Å². The van der Waals surface area contributed by atoms with E-state index in [1.54, 1.807) is 25.8 Å². The third-order valence-corrected chi connectivity index (χ3v) is 16.1.